The van der Waals surface area contributed by atoms with Gasteiger partial charge in [0.25, 0.3) is 20.2 Å². The first-order chi connectivity index (χ1) is 18.1. The second kappa shape index (κ2) is 13.9. The van der Waals surface area contributed by atoms with Crippen molar-refractivity contribution >= 4 is 42.2 Å². The van der Waals surface area contributed by atoms with Crippen LogP contribution in [-0.2, 0) is 39.7 Å². The number of benzene rings is 2. The molecule has 0 spiro atoms. The summed E-state index contributed by atoms with van der Waals surface area (Å²) in [6.45, 7) is 0.405. The largest absolute Gasteiger partial charge is 0.461 e. The van der Waals surface area contributed by atoms with Crippen LogP contribution in [0.15, 0.2) is 58.3 Å². The lowest BCUT2D eigenvalue weighted by Gasteiger charge is -2.22. The number of sulfonamides is 1. The van der Waals surface area contributed by atoms with Crippen molar-refractivity contribution in [2.45, 2.75) is 16.2 Å². The van der Waals surface area contributed by atoms with Gasteiger partial charge in [-0.3, -0.25) is 14.0 Å². The maximum absolute atomic E-state index is 12.3. The van der Waals surface area contributed by atoms with Crippen molar-refractivity contribution in [1.82, 2.24) is 9.62 Å². The number of nitrogens with one attached hydrogen (secondary N) is 1. The highest BCUT2D eigenvalue weighted by Crippen LogP contribution is 2.13. The summed E-state index contributed by atoms with van der Waals surface area (Å²) in [6.07, 6.45) is 1.37. The summed E-state index contributed by atoms with van der Waals surface area (Å²) < 4.78 is 98.6. The van der Waals surface area contributed by atoms with Crippen LogP contribution in [0.2, 0.25) is 0 Å². The fraction of sp³-hybridized carbons (Fsp3) is 0.364. The Hall–Kier alpha value is -2.93. The van der Waals surface area contributed by atoms with Crippen molar-refractivity contribution in [2.75, 3.05) is 45.6 Å². The molecule has 0 aliphatic rings. The van der Waals surface area contributed by atoms with E-state index >= 15 is 0 Å². The average Bonchev–Trinajstić information content (AvgIpc) is 2.84. The molecule has 0 amide bonds. The second-order valence-electron chi connectivity index (χ2n) is 8.14. The van der Waals surface area contributed by atoms with Crippen molar-refractivity contribution in [2.24, 2.45) is 0 Å². The lowest BCUT2D eigenvalue weighted by molar-refractivity contribution is 0.0395. The normalized spacial score (nSPS) is 12.3. The van der Waals surface area contributed by atoms with Crippen LogP contribution < -0.4 is 4.72 Å². The van der Waals surface area contributed by atoms with E-state index in [0.29, 0.717) is 13.0 Å². The fourth-order valence-corrected chi connectivity index (χ4v) is 4.73. The Morgan fingerprint density at radius 1 is 0.769 bits per heavy atom. The minimum Gasteiger partial charge on any atom is -0.461 e. The molecular formula is C22H28N2O12S3. The van der Waals surface area contributed by atoms with Gasteiger partial charge in [0, 0.05) is 19.6 Å². The van der Waals surface area contributed by atoms with Gasteiger partial charge in [0.15, 0.2) is 0 Å². The van der Waals surface area contributed by atoms with Crippen LogP contribution in [-0.4, -0.2) is 96.8 Å². The van der Waals surface area contributed by atoms with Crippen molar-refractivity contribution in [1.29, 1.82) is 0 Å². The van der Waals surface area contributed by atoms with E-state index in [1.165, 1.54) is 24.3 Å². The molecular weight excluding hydrogens is 580 g/mol. The van der Waals surface area contributed by atoms with Gasteiger partial charge in [-0.25, -0.2) is 22.7 Å². The Kier molecular flexibility index (Phi) is 11.5. The van der Waals surface area contributed by atoms with E-state index in [1.54, 1.807) is 4.90 Å². The smallest absolute Gasteiger partial charge is 0.338 e. The molecule has 0 atom stereocenters. The number of esters is 2. The molecule has 17 heteroatoms. The van der Waals surface area contributed by atoms with Crippen molar-refractivity contribution in [3.8, 4) is 0 Å². The van der Waals surface area contributed by atoms with Crippen LogP contribution in [0.5, 0.6) is 0 Å². The molecule has 2 aromatic carbocycles. The third kappa shape index (κ3) is 11.8. The van der Waals surface area contributed by atoms with Gasteiger partial charge in [-0.2, -0.15) is 16.8 Å². The molecule has 2 rings (SSSR count). The maximum Gasteiger partial charge on any atom is 0.338 e. The van der Waals surface area contributed by atoms with E-state index in [1.807, 2.05) is 0 Å². The van der Waals surface area contributed by atoms with E-state index < -0.39 is 52.0 Å². The quantitative estimate of drug-likeness (QED) is 0.142. The van der Waals surface area contributed by atoms with Gasteiger partial charge >= 0.3 is 11.9 Å². The Labute approximate surface area is 226 Å². The molecule has 2 aromatic rings. The molecule has 0 saturated carbocycles. The number of carbonyl (C=O) groups excluding carboxylic acids is 2. The molecule has 0 bridgehead atoms. The van der Waals surface area contributed by atoms with Gasteiger partial charge in [0.05, 0.1) is 27.2 Å². The maximum atomic E-state index is 12.3. The van der Waals surface area contributed by atoms with Gasteiger partial charge in [0.2, 0.25) is 10.0 Å². The number of carbonyl (C=O) groups is 2. The minimum absolute atomic E-state index is 0.102. The Morgan fingerprint density at radius 3 is 1.59 bits per heavy atom. The van der Waals surface area contributed by atoms with Crippen LogP contribution in [0.25, 0.3) is 0 Å². The zero-order valence-corrected chi connectivity index (χ0v) is 23.2. The van der Waals surface area contributed by atoms with E-state index in [2.05, 4.69) is 4.72 Å². The van der Waals surface area contributed by atoms with Crippen molar-refractivity contribution in [3.05, 3.63) is 59.7 Å². The first-order valence-corrected chi connectivity index (χ1v) is 16.0. The van der Waals surface area contributed by atoms with Gasteiger partial charge in [-0.15, -0.1) is 0 Å². The SMILES string of the molecule is CS(=O)(=O)NCCCN(CCOC(=O)c1cccc(S(=O)(=O)O)c1)CCOC(=O)c1cccc(S(=O)(=O)O)c1. The van der Waals surface area contributed by atoms with E-state index in [0.717, 1.165) is 30.5 Å². The first kappa shape index (κ1) is 32.3. The zero-order valence-electron chi connectivity index (χ0n) is 20.7. The molecule has 0 unspecified atom stereocenters. The predicted octanol–water partition coefficient (Wildman–Crippen LogP) is 0.435. The van der Waals surface area contributed by atoms with E-state index in [4.69, 9.17) is 18.6 Å². The van der Waals surface area contributed by atoms with Gasteiger partial charge in [-0.05, 0) is 49.4 Å². The molecule has 39 heavy (non-hydrogen) atoms. The molecule has 0 saturated heterocycles. The first-order valence-electron chi connectivity index (χ1n) is 11.2. The summed E-state index contributed by atoms with van der Waals surface area (Å²) in [6, 6.07) is 9.29. The highest BCUT2D eigenvalue weighted by molar-refractivity contribution is 7.88. The van der Waals surface area contributed by atoms with Gasteiger partial charge < -0.3 is 9.47 Å². The van der Waals surface area contributed by atoms with Crippen molar-refractivity contribution in [3.63, 3.8) is 0 Å². The van der Waals surface area contributed by atoms with Crippen LogP contribution in [0.1, 0.15) is 27.1 Å². The monoisotopic (exact) mass is 608 g/mol. The topological polar surface area (TPSA) is 211 Å². The summed E-state index contributed by atoms with van der Waals surface area (Å²) in [5.74, 6) is -1.69. The van der Waals surface area contributed by atoms with Crippen LogP contribution in [0.3, 0.4) is 0 Å². The van der Waals surface area contributed by atoms with E-state index in [9.17, 15) is 34.8 Å². The number of rotatable bonds is 15. The molecule has 3 N–H and O–H groups in total. The highest BCUT2D eigenvalue weighted by atomic mass is 32.2. The lowest BCUT2D eigenvalue weighted by atomic mass is 10.2. The van der Waals surface area contributed by atoms with E-state index in [-0.39, 0.29) is 44.0 Å². The van der Waals surface area contributed by atoms with Crippen LogP contribution in [0.4, 0.5) is 0 Å². The Balaban J connectivity index is 1.96. The zero-order chi connectivity index (χ0) is 29.3. The highest BCUT2D eigenvalue weighted by Gasteiger charge is 2.17. The number of ether oxygens (including phenoxy) is 2. The second-order valence-corrected chi connectivity index (χ2v) is 12.8. The standard InChI is InChI=1S/C22H28N2O12S3/c1-37(27,28)23-9-4-10-24(11-13-35-21(25)17-5-2-7-19(15-17)38(29,30)31)12-14-36-22(26)18-6-3-8-20(16-18)39(32,33)34/h2-3,5-8,15-16,23H,4,9-14H2,1H3,(H,29,30,31)(H,32,33,34). The van der Waals surface area contributed by atoms with Gasteiger partial charge in [0.1, 0.15) is 13.2 Å². The minimum atomic E-state index is -4.51. The Bertz CT molecular complexity index is 1400. The summed E-state index contributed by atoms with van der Waals surface area (Å²) in [4.78, 5) is 25.4. The third-order valence-electron chi connectivity index (χ3n) is 5.03. The lowest BCUT2D eigenvalue weighted by Crippen LogP contribution is -2.35. The summed E-state index contributed by atoms with van der Waals surface area (Å²) in [7, 11) is -12.4. The molecule has 0 aliphatic carbocycles. The predicted molar refractivity (Wildman–Crippen MR) is 137 cm³/mol. The molecule has 0 heterocycles. The molecule has 0 fully saturated rings. The number of nitrogens with zero attached hydrogens (tertiary/aromatic N) is 1. The van der Waals surface area contributed by atoms with Crippen LogP contribution >= 0.6 is 0 Å². The van der Waals surface area contributed by atoms with Crippen LogP contribution in [0, 0.1) is 0 Å². The Morgan fingerprint density at radius 2 is 1.21 bits per heavy atom. The molecule has 216 valence electrons. The molecule has 0 radical (unpaired) electrons. The number of hydrogen-bond acceptors (Lipinski definition) is 11. The van der Waals surface area contributed by atoms with Crippen molar-refractivity contribution < 1.29 is 53.4 Å². The van der Waals surface area contributed by atoms with Gasteiger partial charge in [-0.1, -0.05) is 12.1 Å². The molecule has 14 nitrogen and oxygen atoms in total. The molecule has 0 aliphatic heterocycles. The summed E-state index contributed by atoms with van der Waals surface area (Å²) in [5, 5.41) is 0. The summed E-state index contributed by atoms with van der Waals surface area (Å²) >= 11 is 0. The third-order valence-corrected chi connectivity index (χ3v) is 7.46. The fourth-order valence-electron chi connectivity index (χ4n) is 3.16. The molecule has 0 aromatic heterocycles. The average molecular weight is 609 g/mol. The summed E-state index contributed by atoms with van der Waals surface area (Å²) in [5.41, 5.74) is -0.204. The number of hydrogen-bond donors (Lipinski definition) is 3.